The summed E-state index contributed by atoms with van der Waals surface area (Å²) in [6.45, 7) is 6.17. The second-order valence-electron chi connectivity index (χ2n) is 5.50. The van der Waals surface area contributed by atoms with Gasteiger partial charge in [-0.25, -0.2) is 0 Å². The largest absolute Gasteiger partial charge is 0.361 e. The first-order valence-electron chi connectivity index (χ1n) is 8.61. The Labute approximate surface area is 130 Å². The Kier molecular flexibility index (Phi) is 8.84. The van der Waals surface area contributed by atoms with Crippen molar-refractivity contribution in [3.8, 4) is 0 Å². The zero-order valence-corrected chi connectivity index (χ0v) is 14.0. The average molecular weight is 288 g/mol. The summed E-state index contributed by atoms with van der Waals surface area (Å²) in [7, 11) is 0. The van der Waals surface area contributed by atoms with Gasteiger partial charge >= 0.3 is 0 Å². The van der Waals surface area contributed by atoms with Crippen molar-refractivity contribution in [3.63, 3.8) is 0 Å². The summed E-state index contributed by atoms with van der Waals surface area (Å²) in [5.74, 6) is 0. The molecule has 0 bridgehead atoms. The van der Waals surface area contributed by atoms with Crippen LogP contribution in [0, 0.1) is 0 Å². The second kappa shape index (κ2) is 10.4. The number of nitrogens with two attached hydrogens (primary N) is 1. The number of aryl methyl sites for hydroxylation is 1. The van der Waals surface area contributed by atoms with Crippen LogP contribution in [0.15, 0.2) is 30.5 Å². The van der Waals surface area contributed by atoms with Crippen LogP contribution < -0.4 is 5.73 Å². The lowest BCUT2D eigenvalue weighted by atomic mass is 10.1. The van der Waals surface area contributed by atoms with Gasteiger partial charge < -0.3 is 10.7 Å². The van der Waals surface area contributed by atoms with Crippen LogP contribution in [-0.2, 0) is 6.42 Å². The first-order valence-corrected chi connectivity index (χ1v) is 8.61. The van der Waals surface area contributed by atoms with Crippen molar-refractivity contribution in [2.45, 2.75) is 71.8 Å². The zero-order valence-electron chi connectivity index (χ0n) is 14.0. The van der Waals surface area contributed by atoms with Crippen LogP contribution in [0.4, 0.5) is 0 Å². The van der Waals surface area contributed by atoms with Gasteiger partial charge in [0.05, 0.1) is 0 Å². The Morgan fingerprint density at radius 3 is 2.33 bits per heavy atom. The molecule has 118 valence electrons. The summed E-state index contributed by atoms with van der Waals surface area (Å²) in [6, 6.07) is 9.16. The van der Waals surface area contributed by atoms with Crippen molar-refractivity contribution in [3.05, 3.63) is 36.0 Å². The van der Waals surface area contributed by atoms with Gasteiger partial charge in [0.1, 0.15) is 0 Å². The molecular formula is C19H32N2. The number of aromatic nitrogens is 1. The summed E-state index contributed by atoms with van der Waals surface area (Å²) in [6.07, 6.45) is 11.2. The molecule has 0 amide bonds. The van der Waals surface area contributed by atoms with Gasteiger partial charge in [-0.2, -0.15) is 0 Å². The van der Waals surface area contributed by atoms with Gasteiger partial charge in [0.25, 0.3) is 0 Å². The molecule has 1 aliphatic carbocycles. The Hall–Kier alpha value is -1.28. The number of benzene rings is 1. The van der Waals surface area contributed by atoms with Gasteiger partial charge in [0.15, 0.2) is 0 Å². The first kappa shape index (κ1) is 17.8. The molecule has 2 nitrogen and oxygen atoms in total. The van der Waals surface area contributed by atoms with Gasteiger partial charge in [-0.15, -0.1) is 0 Å². The van der Waals surface area contributed by atoms with Gasteiger partial charge in [-0.05, 0) is 48.4 Å². The maximum Gasteiger partial charge on any atom is 0.0454 e. The fraction of sp³-hybridized carbons (Fsp3) is 0.579. The number of nitrogens with one attached hydrogen (secondary N) is 1. The van der Waals surface area contributed by atoms with E-state index in [1.807, 2.05) is 20.0 Å². The lowest BCUT2D eigenvalue weighted by Gasteiger charge is -2.03. The number of fused-ring (bicyclic) bond motifs is 1. The van der Waals surface area contributed by atoms with E-state index in [9.17, 15) is 0 Å². The van der Waals surface area contributed by atoms with Crippen LogP contribution in [0.5, 0.6) is 0 Å². The normalized spacial score (nSPS) is 15.4. The van der Waals surface area contributed by atoms with Crippen molar-refractivity contribution < 1.29 is 0 Å². The molecule has 2 heteroatoms. The third-order valence-corrected chi connectivity index (χ3v) is 3.93. The van der Waals surface area contributed by atoms with Gasteiger partial charge in [-0.3, -0.25) is 0 Å². The molecule has 3 rings (SSSR count). The third kappa shape index (κ3) is 6.34. The molecule has 1 saturated carbocycles. The van der Waals surface area contributed by atoms with Gasteiger partial charge in [0.2, 0.25) is 0 Å². The number of H-pyrrole nitrogens is 1. The quantitative estimate of drug-likeness (QED) is 0.675. The molecule has 2 aromatic rings. The highest BCUT2D eigenvalue weighted by molar-refractivity contribution is 5.79. The van der Waals surface area contributed by atoms with E-state index in [4.69, 9.17) is 5.73 Å². The maximum atomic E-state index is 5.73. The molecule has 0 aliphatic heterocycles. The van der Waals surface area contributed by atoms with Crippen LogP contribution in [0.3, 0.4) is 0 Å². The molecule has 3 N–H and O–H groups in total. The lowest BCUT2D eigenvalue weighted by molar-refractivity contribution is 0.583. The molecule has 0 saturated heterocycles. The molecule has 1 aliphatic rings. The van der Waals surface area contributed by atoms with E-state index in [1.54, 1.807) is 0 Å². The molecular weight excluding hydrogens is 256 g/mol. The van der Waals surface area contributed by atoms with Crippen LogP contribution in [0.25, 0.3) is 10.9 Å². The smallest absolute Gasteiger partial charge is 0.0454 e. The van der Waals surface area contributed by atoms with Crippen LogP contribution in [0.2, 0.25) is 0 Å². The topological polar surface area (TPSA) is 41.8 Å². The first-order chi connectivity index (χ1) is 10.3. The fourth-order valence-corrected chi connectivity index (χ4v) is 2.63. The van der Waals surface area contributed by atoms with Crippen LogP contribution >= 0.6 is 0 Å². The molecule has 1 fully saturated rings. The highest BCUT2D eigenvalue weighted by Crippen LogP contribution is 2.15. The summed E-state index contributed by atoms with van der Waals surface area (Å²) in [5, 5.41) is 1.31. The Morgan fingerprint density at radius 2 is 1.71 bits per heavy atom. The Morgan fingerprint density at radius 1 is 1.05 bits per heavy atom. The van der Waals surface area contributed by atoms with E-state index in [2.05, 4.69) is 36.2 Å². The summed E-state index contributed by atoms with van der Waals surface area (Å²) < 4.78 is 0. The lowest BCUT2D eigenvalue weighted by Crippen LogP contribution is -2.17. The zero-order chi connectivity index (χ0) is 15.5. The van der Waals surface area contributed by atoms with Crippen molar-refractivity contribution >= 4 is 10.9 Å². The van der Waals surface area contributed by atoms with Crippen molar-refractivity contribution in [1.82, 2.24) is 4.98 Å². The van der Waals surface area contributed by atoms with E-state index < -0.39 is 0 Å². The molecule has 0 unspecified atom stereocenters. The minimum atomic E-state index is 0.525. The molecule has 1 aromatic heterocycles. The van der Waals surface area contributed by atoms with Crippen molar-refractivity contribution in [2.75, 3.05) is 0 Å². The van der Waals surface area contributed by atoms with E-state index in [1.165, 1.54) is 55.0 Å². The summed E-state index contributed by atoms with van der Waals surface area (Å²) in [5.41, 5.74) is 8.36. The van der Waals surface area contributed by atoms with Crippen molar-refractivity contribution in [1.29, 1.82) is 0 Å². The van der Waals surface area contributed by atoms with E-state index in [0.29, 0.717) is 6.04 Å². The minimum Gasteiger partial charge on any atom is -0.361 e. The summed E-state index contributed by atoms with van der Waals surface area (Å²) in [4.78, 5) is 3.17. The maximum absolute atomic E-state index is 5.73. The van der Waals surface area contributed by atoms with Gasteiger partial charge in [0, 0.05) is 17.8 Å². The van der Waals surface area contributed by atoms with E-state index in [-0.39, 0.29) is 0 Å². The molecule has 1 heterocycles. The van der Waals surface area contributed by atoms with Crippen molar-refractivity contribution in [2.24, 2.45) is 5.73 Å². The number of hydrogen-bond donors (Lipinski definition) is 2. The second-order valence-corrected chi connectivity index (χ2v) is 5.50. The van der Waals surface area contributed by atoms with Crippen LogP contribution in [-0.4, -0.2) is 11.0 Å². The summed E-state index contributed by atoms with van der Waals surface area (Å²) >= 11 is 0. The van der Waals surface area contributed by atoms with Gasteiger partial charge in [-0.1, -0.05) is 52.5 Å². The Balaban J connectivity index is 0.000000196. The highest BCUT2D eigenvalue weighted by Gasteiger charge is 2.05. The SMILES string of the molecule is CC.CCc1ccc2[nH]ccc2c1.NC1CCCCCC1. The minimum absolute atomic E-state index is 0.525. The molecule has 0 radical (unpaired) electrons. The predicted octanol–water partition coefficient (Wildman–Crippen LogP) is 5.42. The molecule has 0 atom stereocenters. The number of aromatic amines is 1. The third-order valence-electron chi connectivity index (χ3n) is 3.93. The van der Waals surface area contributed by atoms with E-state index >= 15 is 0 Å². The standard InChI is InChI=1S/C10H11N.C7H15N.C2H6/c1-2-8-3-4-10-9(7-8)5-6-11-10;8-7-5-3-1-2-4-6-7;1-2/h3-7,11H,2H2,1H3;7H,1-6,8H2;1-2H3. The monoisotopic (exact) mass is 288 g/mol. The Bertz CT molecular complexity index is 479. The number of rotatable bonds is 1. The van der Waals surface area contributed by atoms with E-state index in [0.717, 1.165) is 6.42 Å². The predicted molar refractivity (Wildman–Crippen MR) is 94.7 cm³/mol. The molecule has 1 aromatic carbocycles. The van der Waals surface area contributed by atoms with Crippen LogP contribution in [0.1, 0.15) is 64.9 Å². The number of hydrogen-bond acceptors (Lipinski definition) is 1. The molecule has 0 spiro atoms. The average Bonchev–Trinajstić information content (AvgIpc) is 2.88. The highest BCUT2D eigenvalue weighted by atomic mass is 14.7. The fourth-order valence-electron chi connectivity index (χ4n) is 2.63. The molecule has 21 heavy (non-hydrogen) atoms.